The molecule has 1 rings (SSSR count). The van der Waals surface area contributed by atoms with Gasteiger partial charge in [0, 0.05) is 11.8 Å². The van der Waals surface area contributed by atoms with E-state index in [1.807, 2.05) is 0 Å². The number of benzene rings is 1. The van der Waals surface area contributed by atoms with Crippen molar-refractivity contribution in [2.45, 2.75) is 18.0 Å². The Morgan fingerprint density at radius 2 is 2.10 bits per heavy atom. The van der Waals surface area contributed by atoms with E-state index < -0.39 is 34.2 Å². The van der Waals surface area contributed by atoms with Crippen LogP contribution in [0.4, 0.5) is 18.9 Å². The number of methoxy groups -OCH3 is 1. The number of nitro groups is 1. The quantitative estimate of drug-likeness (QED) is 0.359. The Balaban J connectivity index is 2.97. The molecule has 9 heteroatoms. The fourth-order valence-electron chi connectivity index (χ4n) is 1.44. The van der Waals surface area contributed by atoms with Gasteiger partial charge in [-0.25, -0.2) is 0 Å². The van der Waals surface area contributed by atoms with Gasteiger partial charge in [-0.3, -0.25) is 14.9 Å². The van der Waals surface area contributed by atoms with Crippen LogP contribution in [-0.4, -0.2) is 23.8 Å². The van der Waals surface area contributed by atoms with Gasteiger partial charge in [-0.15, -0.1) is 11.8 Å². The van der Waals surface area contributed by atoms with Crippen LogP contribution in [0.1, 0.15) is 12.5 Å². The Kier molecular flexibility index (Phi) is 5.59. The van der Waals surface area contributed by atoms with Crippen molar-refractivity contribution < 1.29 is 27.6 Å². The first kappa shape index (κ1) is 17.3. The van der Waals surface area contributed by atoms with Crippen molar-refractivity contribution in [2.24, 2.45) is 5.92 Å². The van der Waals surface area contributed by atoms with Crippen molar-refractivity contribution in [1.29, 1.82) is 0 Å². The Bertz CT molecular complexity index is 548. The van der Waals surface area contributed by atoms with Crippen LogP contribution >= 0.6 is 11.8 Å². The van der Waals surface area contributed by atoms with E-state index in [0.29, 0.717) is 6.07 Å². The lowest BCUT2D eigenvalue weighted by Gasteiger charge is -2.10. The second kappa shape index (κ2) is 6.79. The van der Waals surface area contributed by atoms with Crippen molar-refractivity contribution in [3.05, 3.63) is 33.9 Å². The molecule has 0 saturated heterocycles. The summed E-state index contributed by atoms with van der Waals surface area (Å²) in [6.45, 7) is 1.56. The van der Waals surface area contributed by atoms with Gasteiger partial charge in [-0.1, -0.05) is 6.92 Å². The van der Waals surface area contributed by atoms with Crippen molar-refractivity contribution >= 4 is 23.4 Å². The van der Waals surface area contributed by atoms with Crippen molar-refractivity contribution in [2.75, 3.05) is 12.9 Å². The molecule has 5 nitrogen and oxygen atoms in total. The van der Waals surface area contributed by atoms with Gasteiger partial charge in [0.2, 0.25) is 0 Å². The second-order valence-corrected chi connectivity index (χ2v) is 5.23. The van der Waals surface area contributed by atoms with Gasteiger partial charge in [0.15, 0.2) is 0 Å². The molecule has 21 heavy (non-hydrogen) atoms. The number of rotatable bonds is 5. The zero-order valence-corrected chi connectivity index (χ0v) is 12.0. The van der Waals surface area contributed by atoms with Crippen molar-refractivity contribution in [1.82, 2.24) is 0 Å². The summed E-state index contributed by atoms with van der Waals surface area (Å²) in [5.41, 5.74) is -1.72. The first-order valence-electron chi connectivity index (χ1n) is 5.73. The zero-order valence-electron chi connectivity index (χ0n) is 11.1. The highest BCUT2D eigenvalue weighted by molar-refractivity contribution is 7.99. The average Bonchev–Trinajstić information content (AvgIpc) is 2.42. The van der Waals surface area contributed by atoms with E-state index in [1.165, 1.54) is 7.11 Å². The fourth-order valence-corrected chi connectivity index (χ4v) is 2.45. The van der Waals surface area contributed by atoms with Gasteiger partial charge >= 0.3 is 12.1 Å². The number of nitro benzene ring substituents is 1. The predicted molar refractivity (Wildman–Crippen MR) is 70.0 cm³/mol. The van der Waals surface area contributed by atoms with Crippen molar-refractivity contribution in [3.63, 3.8) is 0 Å². The molecule has 1 unspecified atom stereocenters. The lowest BCUT2D eigenvalue weighted by Crippen LogP contribution is -2.14. The number of ether oxygens (including phenoxy) is 1. The van der Waals surface area contributed by atoms with E-state index in [2.05, 4.69) is 4.74 Å². The third-order valence-corrected chi connectivity index (χ3v) is 3.90. The van der Waals surface area contributed by atoms with Gasteiger partial charge < -0.3 is 4.74 Å². The number of nitrogens with zero attached hydrogens (tertiary/aromatic N) is 1. The van der Waals surface area contributed by atoms with Crippen LogP contribution in [0.5, 0.6) is 0 Å². The number of esters is 1. The van der Waals surface area contributed by atoms with E-state index in [1.54, 1.807) is 6.92 Å². The van der Waals surface area contributed by atoms with Crippen LogP contribution in [0.2, 0.25) is 0 Å². The molecule has 0 radical (unpaired) electrons. The molecular weight excluding hydrogens is 311 g/mol. The highest BCUT2D eigenvalue weighted by atomic mass is 32.2. The van der Waals surface area contributed by atoms with Gasteiger partial charge in [-0.2, -0.15) is 13.2 Å². The van der Waals surface area contributed by atoms with Gasteiger partial charge in [0.1, 0.15) is 0 Å². The van der Waals surface area contributed by atoms with Crippen LogP contribution in [0.3, 0.4) is 0 Å². The molecule has 0 aliphatic rings. The third kappa shape index (κ3) is 4.62. The number of carbonyl (C=O) groups is 1. The average molecular weight is 323 g/mol. The standard InChI is InChI=1S/C12H12F3NO4S/c1-7(11(17)20-2)6-21-10-4-3-8(12(13,14)15)5-9(10)16(18)19/h3-5,7H,6H2,1-2H3. The summed E-state index contributed by atoms with van der Waals surface area (Å²) in [5.74, 6) is -0.849. The van der Waals surface area contributed by atoms with Crippen LogP contribution in [0, 0.1) is 16.0 Å². The van der Waals surface area contributed by atoms with E-state index in [4.69, 9.17) is 0 Å². The molecule has 0 aromatic heterocycles. The molecule has 116 valence electrons. The second-order valence-electron chi connectivity index (χ2n) is 4.17. The van der Waals surface area contributed by atoms with E-state index in [-0.39, 0.29) is 10.6 Å². The summed E-state index contributed by atoms with van der Waals surface area (Å²) in [6, 6.07) is 2.30. The molecule has 0 fully saturated rings. The highest BCUT2D eigenvalue weighted by Gasteiger charge is 2.33. The third-order valence-electron chi connectivity index (χ3n) is 2.58. The number of hydrogen-bond donors (Lipinski definition) is 0. The minimum absolute atomic E-state index is 0.0729. The normalized spacial score (nSPS) is 12.8. The zero-order chi connectivity index (χ0) is 16.2. The molecule has 0 bridgehead atoms. The molecule has 1 aromatic rings. The summed E-state index contributed by atoms with van der Waals surface area (Å²) >= 11 is 0.937. The molecule has 0 amide bonds. The number of thioether (sulfide) groups is 1. The maximum absolute atomic E-state index is 12.5. The molecule has 0 N–H and O–H groups in total. The first-order chi connectivity index (χ1) is 9.66. The molecular formula is C12H12F3NO4S. The largest absolute Gasteiger partial charge is 0.469 e. The van der Waals surface area contributed by atoms with Crippen molar-refractivity contribution in [3.8, 4) is 0 Å². The van der Waals surface area contributed by atoms with E-state index in [9.17, 15) is 28.1 Å². The fraction of sp³-hybridized carbons (Fsp3) is 0.417. The molecule has 0 aliphatic carbocycles. The molecule has 0 aliphatic heterocycles. The molecule has 0 heterocycles. The topological polar surface area (TPSA) is 69.4 Å². The monoisotopic (exact) mass is 323 g/mol. The van der Waals surface area contributed by atoms with Gasteiger partial charge in [-0.05, 0) is 12.1 Å². The Hall–Kier alpha value is -1.77. The van der Waals surface area contributed by atoms with Crippen LogP contribution < -0.4 is 0 Å². The Morgan fingerprint density at radius 3 is 2.57 bits per heavy atom. The van der Waals surface area contributed by atoms with E-state index in [0.717, 1.165) is 23.9 Å². The van der Waals surface area contributed by atoms with Gasteiger partial charge in [0.25, 0.3) is 5.69 Å². The van der Waals surface area contributed by atoms with Gasteiger partial charge in [0.05, 0.1) is 28.4 Å². The lowest BCUT2D eigenvalue weighted by molar-refractivity contribution is -0.388. The minimum atomic E-state index is -4.65. The first-order valence-corrected chi connectivity index (χ1v) is 6.71. The molecule has 0 saturated carbocycles. The lowest BCUT2D eigenvalue weighted by atomic mass is 10.2. The SMILES string of the molecule is COC(=O)C(C)CSc1ccc(C(F)(F)F)cc1[N+](=O)[O-]. The number of halogens is 3. The summed E-state index contributed by atoms with van der Waals surface area (Å²) < 4.78 is 42.1. The summed E-state index contributed by atoms with van der Waals surface area (Å²) in [7, 11) is 1.21. The van der Waals surface area contributed by atoms with E-state index >= 15 is 0 Å². The summed E-state index contributed by atoms with van der Waals surface area (Å²) in [4.78, 5) is 21.3. The number of hydrogen-bond acceptors (Lipinski definition) is 5. The summed E-state index contributed by atoms with van der Waals surface area (Å²) in [6.07, 6.45) is -4.65. The minimum Gasteiger partial charge on any atom is -0.469 e. The maximum Gasteiger partial charge on any atom is 0.416 e. The Labute approximate surface area is 122 Å². The molecule has 1 atom stereocenters. The van der Waals surface area contributed by atoms with Crippen LogP contribution in [0.15, 0.2) is 23.1 Å². The predicted octanol–water partition coefficient (Wildman–Crippen LogP) is 3.51. The summed E-state index contributed by atoms with van der Waals surface area (Å²) in [5, 5.41) is 10.9. The van der Waals surface area contributed by atoms with Crippen LogP contribution in [0.25, 0.3) is 0 Å². The number of alkyl halides is 3. The highest BCUT2D eigenvalue weighted by Crippen LogP contribution is 2.37. The Morgan fingerprint density at radius 1 is 1.48 bits per heavy atom. The molecule has 1 aromatic carbocycles. The number of carbonyl (C=O) groups excluding carboxylic acids is 1. The van der Waals surface area contributed by atoms with Crippen LogP contribution in [-0.2, 0) is 15.7 Å². The molecule has 0 spiro atoms. The smallest absolute Gasteiger partial charge is 0.416 e. The maximum atomic E-state index is 12.5.